The number of carbonyl (C=O) groups is 3. The highest BCUT2D eigenvalue weighted by Gasteiger charge is 2.59. The lowest BCUT2D eigenvalue weighted by Crippen LogP contribution is -2.63. The number of ether oxygens (including phenoxy) is 5. The van der Waals surface area contributed by atoms with Crippen LogP contribution in [0.25, 0.3) is 0 Å². The van der Waals surface area contributed by atoms with E-state index < -0.39 is 47.6 Å². The summed E-state index contributed by atoms with van der Waals surface area (Å²) in [7, 11) is 2.70. The van der Waals surface area contributed by atoms with Crippen LogP contribution in [0.5, 0.6) is 0 Å². The Morgan fingerprint density at radius 2 is 1.84 bits per heavy atom. The van der Waals surface area contributed by atoms with Crippen LogP contribution in [0.2, 0.25) is 0 Å². The first kappa shape index (κ1) is 36.3. The van der Waals surface area contributed by atoms with Crippen LogP contribution in [0.1, 0.15) is 84.6 Å². The van der Waals surface area contributed by atoms with Gasteiger partial charge in [0.2, 0.25) is 5.79 Å². The molecule has 43 heavy (non-hydrogen) atoms. The first-order valence-electron chi connectivity index (χ1n) is 15.2. The van der Waals surface area contributed by atoms with Crippen molar-refractivity contribution < 1.29 is 43.2 Å². The molecule has 0 bridgehead atoms. The summed E-state index contributed by atoms with van der Waals surface area (Å²) in [5.41, 5.74) is 0.390. The van der Waals surface area contributed by atoms with Crippen molar-refractivity contribution in [3.8, 4) is 0 Å². The average molecular weight is 603 g/mol. The van der Waals surface area contributed by atoms with Crippen LogP contribution < -0.4 is 0 Å². The van der Waals surface area contributed by atoms with Crippen LogP contribution in [0, 0.1) is 5.41 Å². The van der Waals surface area contributed by atoms with Gasteiger partial charge < -0.3 is 28.8 Å². The highest BCUT2D eigenvalue weighted by Crippen LogP contribution is 2.48. The number of aldehydes is 1. The van der Waals surface area contributed by atoms with Gasteiger partial charge in [0.15, 0.2) is 6.10 Å². The van der Waals surface area contributed by atoms with Crippen LogP contribution in [0.4, 0.5) is 0 Å². The van der Waals surface area contributed by atoms with Gasteiger partial charge >= 0.3 is 11.9 Å². The molecule has 1 heterocycles. The minimum absolute atomic E-state index is 0.144. The minimum atomic E-state index is -1.64. The van der Waals surface area contributed by atoms with E-state index in [1.165, 1.54) is 26.4 Å². The van der Waals surface area contributed by atoms with E-state index in [0.29, 0.717) is 24.9 Å². The Kier molecular flexibility index (Phi) is 15.3. The molecule has 1 N–H and O–H groups in total. The molecule has 1 aliphatic rings. The zero-order chi connectivity index (χ0) is 31.9. The van der Waals surface area contributed by atoms with Gasteiger partial charge in [0.05, 0.1) is 32.0 Å². The van der Waals surface area contributed by atoms with Crippen LogP contribution in [-0.4, -0.2) is 67.8 Å². The smallest absolute Gasteiger partial charge is 0.330 e. The van der Waals surface area contributed by atoms with Gasteiger partial charge in [-0.15, -0.1) is 0 Å². The predicted molar refractivity (Wildman–Crippen MR) is 163 cm³/mol. The summed E-state index contributed by atoms with van der Waals surface area (Å²) in [5, 5.41) is 11.1. The molecule has 0 aliphatic carbocycles. The van der Waals surface area contributed by atoms with Crippen molar-refractivity contribution in [1.29, 1.82) is 0 Å². The van der Waals surface area contributed by atoms with E-state index in [1.807, 2.05) is 30.3 Å². The first-order valence-corrected chi connectivity index (χ1v) is 15.2. The molecule has 1 saturated heterocycles. The number of rotatable bonds is 18. The Morgan fingerprint density at radius 1 is 1.14 bits per heavy atom. The number of carbonyl (C=O) groups excluding carboxylic acids is 3. The Bertz CT molecular complexity index is 1060. The van der Waals surface area contributed by atoms with Crippen LogP contribution in [0.15, 0.2) is 54.1 Å². The molecule has 0 spiro atoms. The summed E-state index contributed by atoms with van der Waals surface area (Å²) in [6.45, 7) is 7.83. The standard InChI is InChI=1S/C34H50O9/c1-7-8-9-10-14-18-30(37)42-32-27(22-31(38)39-5)21-28(43-34(32,40-6)33(3,4)19-15-20-35)23-29(36)25(2)41-24-26-16-12-11-13-17-26/h11-13,15-17,19-20,22,25,28-29,32,36H,7-10,14,18,21,23-24H2,1-6H3/b19-15+,27-22+/t25?,28-,29+,32-,34+/m0/s1. The fraction of sp³-hybridized carbons (Fsp3) is 0.618. The maximum atomic E-state index is 13.1. The fourth-order valence-corrected chi connectivity index (χ4v) is 5.34. The maximum Gasteiger partial charge on any atom is 0.330 e. The molecule has 2 rings (SSSR count). The third-order valence-electron chi connectivity index (χ3n) is 7.92. The van der Waals surface area contributed by atoms with Crippen molar-refractivity contribution in [2.24, 2.45) is 5.41 Å². The van der Waals surface area contributed by atoms with E-state index in [4.69, 9.17) is 23.7 Å². The lowest BCUT2D eigenvalue weighted by molar-refractivity contribution is -0.338. The molecule has 240 valence electrons. The summed E-state index contributed by atoms with van der Waals surface area (Å²) in [5.74, 6) is -2.71. The van der Waals surface area contributed by atoms with Gasteiger partial charge in [-0.05, 0) is 37.0 Å². The monoisotopic (exact) mass is 602 g/mol. The Hall–Kier alpha value is -2.85. The molecule has 1 unspecified atom stereocenters. The number of unbranched alkanes of at least 4 members (excludes halogenated alkanes) is 4. The average Bonchev–Trinajstić information content (AvgIpc) is 3.00. The van der Waals surface area contributed by atoms with E-state index in [2.05, 4.69) is 6.92 Å². The summed E-state index contributed by atoms with van der Waals surface area (Å²) >= 11 is 0. The third kappa shape index (κ3) is 10.7. The van der Waals surface area contributed by atoms with Gasteiger partial charge in [0.1, 0.15) is 6.29 Å². The summed E-state index contributed by atoms with van der Waals surface area (Å²) < 4.78 is 29.6. The number of methoxy groups -OCH3 is 2. The molecule has 1 aromatic rings. The molecule has 1 aliphatic heterocycles. The zero-order valence-electron chi connectivity index (χ0n) is 26.6. The van der Waals surface area contributed by atoms with Crippen molar-refractivity contribution in [1.82, 2.24) is 0 Å². The highest BCUT2D eigenvalue weighted by atomic mass is 16.7. The molecule has 0 amide bonds. The lowest BCUT2D eigenvalue weighted by atomic mass is 9.74. The quantitative estimate of drug-likeness (QED) is 0.0988. The van der Waals surface area contributed by atoms with E-state index >= 15 is 0 Å². The second-order valence-corrected chi connectivity index (χ2v) is 11.6. The fourth-order valence-electron chi connectivity index (χ4n) is 5.34. The highest BCUT2D eigenvalue weighted by molar-refractivity contribution is 5.83. The van der Waals surface area contributed by atoms with Gasteiger partial charge in [-0.3, -0.25) is 9.59 Å². The second-order valence-electron chi connectivity index (χ2n) is 11.6. The molecule has 0 saturated carbocycles. The Labute approximate surface area is 256 Å². The van der Waals surface area contributed by atoms with Crippen LogP contribution in [0.3, 0.4) is 0 Å². The SMILES string of the molecule is CCCCCCCC(=O)O[C@H]1/C(=C/C(=O)OC)C[C@@H](C[C@@H](O)C(C)OCc2ccccc2)O[C@@]1(OC)C(C)(C)/C=C/C=O. The number of allylic oxidation sites excluding steroid dienone is 1. The number of aliphatic hydroxyl groups is 1. The molecular formula is C34H50O9. The normalized spacial score (nSPS) is 23.2. The Morgan fingerprint density at radius 3 is 2.47 bits per heavy atom. The Balaban J connectivity index is 2.38. The van der Waals surface area contributed by atoms with E-state index in [0.717, 1.165) is 31.2 Å². The van der Waals surface area contributed by atoms with E-state index in [1.54, 1.807) is 26.8 Å². The van der Waals surface area contributed by atoms with Crippen LogP contribution in [-0.2, 0) is 44.7 Å². The van der Waals surface area contributed by atoms with Crippen molar-refractivity contribution in [3.05, 3.63) is 59.7 Å². The van der Waals surface area contributed by atoms with Crippen molar-refractivity contribution in [2.45, 2.75) is 116 Å². The number of benzene rings is 1. The zero-order valence-corrected chi connectivity index (χ0v) is 26.6. The molecule has 1 fully saturated rings. The summed E-state index contributed by atoms with van der Waals surface area (Å²) in [6.07, 6.45) is 7.00. The minimum Gasteiger partial charge on any atom is -0.466 e. The van der Waals surface area contributed by atoms with Crippen LogP contribution >= 0.6 is 0 Å². The lowest BCUT2D eigenvalue weighted by Gasteiger charge is -2.53. The van der Waals surface area contributed by atoms with Gasteiger partial charge in [0, 0.05) is 31.4 Å². The number of aliphatic hydroxyl groups excluding tert-OH is 1. The molecule has 1 aromatic carbocycles. The summed E-state index contributed by atoms with van der Waals surface area (Å²) in [4.78, 5) is 36.9. The number of hydrogen-bond acceptors (Lipinski definition) is 9. The molecular weight excluding hydrogens is 552 g/mol. The van der Waals surface area contributed by atoms with Gasteiger partial charge in [-0.1, -0.05) is 82.9 Å². The topological polar surface area (TPSA) is 118 Å². The molecule has 0 aromatic heterocycles. The summed E-state index contributed by atoms with van der Waals surface area (Å²) in [6, 6.07) is 9.66. The molecule has 9 heteroatoms. The molecule has 0 radical (unpaired) electrons. The predicted octanol–water partition coefficient (Wildman–Crippen LogP) is 5.63. The number of esters is 2. The number of hydrogen-bond donors (Lipinski definition) is 1. The third-order valence-corrected chi connectivity index (χ3v) is 7.92. The van der Waals surface area contributed by atoms with Crippen molar-refractivity contribution in [2.75, 3.05) is 14.2 Å². The van der Waals surface area contributed by atoms with Crippen molar-refractivity contribution in [3.63, 3.8) is 0 Å². The first-order chi connectivity index (χ1) is 20.5. The largest absolute Gasteiger partial charge is 0.466 e. The van der Waals surface area contributed by atoms with Gasteiger partial charge in [-0.2, -0.15) is 0 Å². The van der Waals surface area contributed by atoms with Gasteiger partial charge in [0.25, 0.3) is 0 Å². The van der Waals surface area contributed by atoms with Gasteiger partial charge in [-0.25, -0.2) is 4.79 Å². The van der Waals surface area contributed by atoms with E-state index in [9.17, 15) is 19.5 Å². The van der Waals surface area contributed by atoms with Crippen molar-refractivity contribution >= 4 is 18.2 Å². The maximum absolute atomic E-state index is 13.1. The molecule has 5 atom stereocenters. The van der Waals surface area contributed by atoms with E-state index in [-0.39, 0.29) is 19.3 Å². The molecule has 9 nitrogen and oxygen atoms in total. The second kappa shape index (κ2) is 18.1.